The van der Waals surface area contributed by atoms with Crippen molar-refractivity contribution in [1.29, 1.82) is 5.26 Å². The number of hydrogen-bond acceptors (Lipinski definition) is 11. The highest BCUT2D eigenvalue weighted by atomic mass is 16.6. The SMILES string of the molecule is CCOC(=O)COc1nc(Oc2cccc(C)c2)nc(Oc2cc(C#N)ccc2OC)c1[N+](=O)[O-]. The first-order valence-electron chi connectivity index (χ1n) is 10.2. The molecule has 3 aromatic rings. The largest absolute Gasteiger partial charge is 0.493 e. The summed E-state index contributed by atoms with van der Waals surface area (Å²) in [7, 11) is 1.36. The van der Waals surface area contributed by atoms with Crippen LogP contribution in [-0.2, 0) is 9.53 Å². The van der Waals surface area contributed by atoms with Gasteiger partial charge in [0.1, 0.15) is 5.75 Å². The molecule has 0 radical (unpaired) electrons. The minimum atomic E-state index is -0.827. The van der Waals surface area contributed by atoms with Crippen LogP contribution >= 0.6 is 0 Å². The average molecular weight is 480 g/mol. The van der Waals surface area contributed by atoms with E-state index in [4.69, 9.17) is 23.7 Å². The van der Waals surface area contributed by atoms with Crippen LogP contribution in [0.3, 0.4) is 0 Å². The van der Waals surface area contributed by atoms with Crippen molar-refractivity contribution in [3.8, 4) is 41.1 Å². The first-order valence-corrected chi connectivity index (χ1v) is 10.2. The number of carbonyl (C=O) groups excluding carboxylic acids is 1. The van der Waals surface area contributed by atoms with Gasteiger partial charge in [0.2, 0.25) is 0 Å². The molecule has 0 aliphatic carbocycles. The zero-order valence-electron chi connectivity index (χ0n) is 19.0. The number of nitriles is 1. The molecule has 35 heavy (non-hydrogen) atoms. The molecule has 0 bridgehead atoms. The quantitative estimate of drug-likeness (QED) is 0.234. The fourth-order valence-electron chi connectivity index (χ4n) is 2.81. The third kappa shape index (κ3) is 6.32. The van der Waals surface area contributed by atoms with E-state index < -0.39 is 34.9 Å². The van der Waals surface area contributed by atoms with E-state index in [0.29, 0.717) is 5.75 Å². The van der Waals surface area contributed by atoms with Gasteiger partial charge in [-0.3, -0.25) is 10.1 Å². The lowest BCUT2D eigenvalue weighted by molar-refractivity contribution is -0.387. The molecular formula is C23H20N4O8. The first kappa shape index (κ1) is 24.7. The zero-order valence-corrected chi connectivity index (χ0v) is 19.0. The maximum absolute atomic E-state index is 11.9. The number of esters is 1. The summed E-state index contributed by atoms with van der Waals surface area (Å²) in [6.45, 7) is 2.90. The van der Waals surface area contributed by atoms with Gasteiger partial charge in [0.05, 0.1) is 30.3 Å². The third-order valence-electron chi connectivity index (χ3n) is 4.31. The van der Waals surface area contributed by atoms with E-state index in [1.54, 1.807) is 25.1 Å². The number of ether oxygens (including phenoxy) is 5. The molecule has 12 heteroatoms. The van der Waals surface area contributed by atoms with Crippen LogP contribution in [0.25, 0.3) is 0 Å². The van der Waals surface area contributed by atoms with Crippen molar-refractivity contribution in [3.05, 3.63) is 63.7 Å². The van der Waals surface area contributed by atoms with E-state index in [9.17, 15) is 20.2 Å². The van der Waals surface area contributed by atoms with Crippen LogP contribution in [0.2, 0.25) is 0 Å². The summed E-state index contributed by atoms with van der Waals surface area (Å²) in [6.07, 6.45) is 0. The minimum Gasteiger partial charge on any atom is -0.493 e. The van der Waals surface area contributed by atoms with Gasteiger partial charge in [0.25, 0.3) is 0 Å². The fraction of sp³-hybridized carbons (Fsp3) is 0.217. The average Bonchev–Trinajstić information content (AvgIpc) is 2.82. The Morgan fingerprint density at radius 1 is 1.11 bits per heavy atom. The monoisotopic (exact) mass is 480 g/mol. The highest BCUT2D eigenvalue weighted by Crippen LogP contribution is 2.41. The van der Waals surface area contributed by atoms with Crippen molar-refractivity contribution in [2.45, 2.75) is 13.8 Å². The highest BCUT2D eigenvalue weighted by Gasteiger charge is 2.31. The molecule has 0 aliphatic rings. The lowest BCUT2D eigenvalue weighted by Gasteiger charge is -2.13. The summed E-state index contributed by atoms with van der Waals surface area (Å²) in [5.74, 6) is -1.37. The summed E-state index contributed by atoms with van der Waals surface area (Å²) in [5, 5.41) is 21.1. The van der Waals surface area contributed by atoms with Crippen molar-refractivity contribution in [2.75, 3.05) is 20.3 Å². The van der Waals surface area contributed by atoms with Crippen LogP contribution in [0.1, 0.15) is 18.1 Å². The molecular weight excluding hydrogens is 460 g/mol. The smallest absolute Gasteiger partial charge is 0.392 e. The van der Waals surface area contributed by atoms with Gasteiger partial charge < -0.3 is 23.7 Å². The molecule has 0 spiro atoms. The van der Waals surface area contributed by atoms with Crippen LogP contribution in [0.4, 0.5) is 5.69 Å². The molecule has 0 amide bonds. The van der Waals surface area contributed by atoms with E-state index in [-0.39, 0.29) is 29.7 Å². The molecule has 0 N–H and O–H groups in total. The number of nitrogens with zero attached hydrogens (tertiary/aromatic N) is 4. The van der Waals surface area contributed by atoms with Gasteiger partial charge in [-0.2, -0.15) is 15.2 Å². The van der Waals surface area contributed by atoms with Crippen molar-refractivity contribution in [3.63, 3.8) is 0 Å². The van der Waals surface area contributed by atoms with Gasteiger partial charge in [-0.1, -0.05) is 12.1 Å². The molecule has 0 atom stereocenters. The summed E-state index contributed by atoms with van der Waals surface area (Å²) in [6, 6.07) is 12.8. The van der Waals surface area contributed by atoms with Gasteiger partial charge in [-0.15, -0.1) is 0 Å². The standard InChI is InChI=1S/C23H20N4O8/c1-4-32-19(28)13-33-21-20(27(29)30)22(35-18-11-15(12-24)8-9-17(18)31-3)26-23(25-21)34-16-7-5-6-14(2)10-16/h5-11H,4,13H2,1-3H3. The van der Waals surface area contributed by atoms with Crippen LogP contribution in [0.5, 0.6) is 35.0 Å². The Balaban J connectivity index is 2.10. The topological polar surface area (TPSA) is 156 Å². The zero-order chi connectivity index (χ0) is 25.4. The number of hydrogen-bond donors (Lipinski definition) is 0. The van der Waals surface area contributed by atoms with Crippen LogP contribution in [0.15, 0.2) is 42.5 Å². The molecule has 3 rings (SSSR count). The third-order valence-corrected chi connectivity index (χ3v) is 4.31. The Morgan fingerprint density at radius 2 is 1.89 bits per heavy atom. The predicted molar refractivity (Wildman–Crippen MR) is 120 cm³/mol. The second-order valence-electron chi connectivity index (χ2n) is 6.81. The maximum atomic E-state index is 11.9. The number of carbonyl (C=O) groups is 1. The highest BCUT2D eigenvalue weighted by molar-refractivity contribution is 5.71. The van der Waals surface area contributed by atoms with Crippen molar-refractivity contribution >= 4 is 11.7 Å². The number of aromatic nitrogens is 2. The molecule has 12 nitrogen and oxygen atoms in total. The number of rotatable bonds is 10. The van der Waals surface area contributed by atoms with E-state index in [1.807, 2.05) is 19.1 Å². The molecule has 0 saturated carbocycles. The Labute approximate surface area is 199 Å². The molecule has 180 valence electrons. The lowest BCUT2D eigenvalue weighted by Crippen LogP contribution is -2.16. The van der Waals surface area contributed by atoms with Crippen LogP contribution in [-0.4, -0.2) is 41.2 Å². The Hall–Kier alpha value is -4.92. The number of methoxy groups -OCH3 is 1. The maximum Gasteiger partial charge on any atom is 0.392 e. The van der Waals surface area contributed by atoms with E-state index in [2.05, 4.69) is 9.97 Å². The number of aryl methyl sites for hydroxylation is 1. The minimum absolute atomic E-state index is 0.0220. The fourth-order valence-corrected chi connectivity index (χ4v) is 2.81. The molecule has 0 unspecified atom stereocenters. The predicted octanol–water partition coefficient (Wildman–Crippen LogP) is 4.10. The summed E-state index contributed by atoms with van der Waals surface area (Å²) >= 11 is 0. The van der Waals surface area contributed by atoms with Crippen molar-refractivity contribution < 1.29 is 33.4 Å². The normalized spacial score (nSPS) is 10.1. The van der Waals surface area contributed by atoms with E-state index in [1.165, 1.54) is 25.3 Å². The summed E-state index contributed by atoms with van der Waals surface area (Å²) < 4.78 is 26.7. The van der Waals surface area contributed by atoms with Gasteiger partial charge in [-0.25, -0.2) is 4.79 Å². The molecule has 1 aromatic heterocycles. The van der Waals surface area contributed by atoms with Crippen molar-refractivity contribution in [2.24, 2.45) is 0 Å². The molecule has 1 heterocycles. The lowest BCUT2D eigenvalue weighted by atomic mass is 10.2. The van der Waals surface area contributed by atoms with Gasteiger partial charge in [0.15, 0.2) is 18.1 Å². The van der Waals surface area contributed by atoms with Crippen LogP contribution in [0, 0.1) is 28.4 Å². The Bertz CT molecular complexity index is 1290. The molecule has 0 saturated heterocycles. The second kappa shape index (κ2) is 11.3. The number of nitro groups is 1. The number of benzene rings is 2. The molecule has 2 aromatic carbocycles. The summed E-state index contributed by atoms with van der Waals surface area (Å²) in [5.41, 5.74) is 0.334. The van der Waals surface area contributed by atoms with Gasteiger partial charge in [0, 0.05) is 6.07 Å². The Kier molecular flexibility index (Phi) is 7.97. The first-order chi connectivity index (χ1) is 16.8. The molecule has 0 aliphatic heterocycles. The van der Waals surface area contributed by atoms with E-state index in [0.717, 1.165) is 5.56 Å². The van der Waals surface area contributed by atoms with Crippen LogP contribution < -0.4 is 18.9 Å². The van der Waals surface area contributed by atoms with Crippen molar-refractivity contribution in [1.82, 2.24) is 9.97 Å². The summed E-state index contributed by atoms with van der Waals surface area (Å²) in [4.78, 5) is 30.9. The molecule has 0 fully saturated rings. The second-order valence-corrected chi connectivity index (χ2v) is 6.81. The Morgan fingerprint density at radius 3 is 2.54 bits per heavy atom. The van der Waals surface area contributed by atoms with E-state index >= 15 is 0 Å². The van der Waals surface area contributed by atoms with Gasteiger partial charge in [-0.05, 0) is 43.7 Å². The van der Waals surface area contributed by atoms with Gasteiger partial charge >= 0.3 is 29.4 Å².